The van der Waals surface area contributed by atoms with E-state index < -0.39 is 5.92 Å². The van der Waals surface area contributed by atoms with Gasteiger partial charge in [0.15, 0.2) is 5.78 Å². The fraction of sp³-hybridized carbons (Fsp3) is 0.619. The van der Waals surface area contributed by atoms with E-state index in [1.165, 1.54) is 19.3 Å². The Balaban J connectivity index is 1.38. The van der Waals surface area contributed by atoms with Gasteiger partial charge in [-0.1, -0.05) is 6.42 Å². The molecule has 1 aromatic heterocycles. The third-order valence-electron chi connectivity index (χ3n) is 6.10. The molecule has 1 aliphatic carbocycles. The molecule has 0 unspecified atom stereocenters. The molecule has 6 heteroatoms. The topological polar surface area (TPSA) is 38.1 Å². The number of aryl methyl sites for hydroxylation is 1. The summed E-state index contributed by atoms with van der Waals surface area (Å²) in [4.78, 5) is 14.4. The Kier molecular flexibility index (Phi) is 5.01. The lowest BCUT2D eigenvalue weighted by Crippen LogP contribution is -2.26. The number of fused-ring (bicyclic) bond motifs is 1. The highest BCUT2D eigenvalue weighted by atomic mass is 19.3. The number of alkyl halides is 2. The van der Waals surface area contributed by atoms with Gasteiger partial charge in [0, 0.05) is 43.1 Å². The Bertz CT molecular complexity index is 841. The molecule has 0 bridgehead atoms. The van der Waals surface area contributed by atoms with Crippen molar-refractivity contribution in [2.45, 2.75) is 57.9 Å². The second-order valence-corrected chi connectivity index (χ2v) is 8.23. The van der Waals surface area contributed by atoms with Crippen LogP contribution in [0.15, 0.2) is 18.3 Å². The number of nitrogens with zero attached hydrogens (tertiary/aromatic N) is 3. The molecule has 0 atom stereocenters. The smallest absolute Gasteiger partial charge is 0.261 e. The predicted octanol–water partition coefficient (Wildman–Crippen LogP) is 4.45. The van der Waals surface area contributed by atoms with Crippen molar-refractivity contribution >= 4 is 16.7 Å². The minimum atomic E-state index is -2.56. The first-order valence-corrected chi connectivity index (χ1v) is 10.0. The Morgan fingerprint density at radius 2 is 2.15 bits per heavy atom. The van der Waals surface area contributed by atoms with Crippen molar-refractivity contribution < 1.29 is 13.6 Å². The van der Waals surface area contributed by atoms with E-state index in [9.17, 15) is 13.6 Å². The summed E-state index contributed by atoms with van der Waals surface area (Å²) in [6, 6.07) is 3.79. The van der Waals surface area contributed by atoms with Crippen molar-refractivity contribution in [3.05, 3.63) is 29.5 Å². The maximum atomic E-state index is 13.2. The van der Waals surface area contributed by atoms with E-state index >= 15 is 0 Å². The molecule has 1 aromatic carbocycles. The van der Waals surface area contributed by atoms with E-state index in [2.05, 4.69) is 11.3 Å². The summed E-state index contributed by atoms with van der Waals surface area (Å²) >= 11 is 0. The molecular weight excluding hydrogens is 348 g/mol. The minimum absolute atomic E-state index is 0.0679. The number of hydrogen-bond donors (Lipinski definition) is 0. The number of Topliss-reactive ketones (excluding diaryl/α,β-unsaturated/α-hetero) is 1. The van der Waals surface area contributed by atoms with E-state index in [-0.39, 0.29) is 18.7 Å². The van der Waals surface area contributed by atoms with E-state index in [1.54, 1.807) is 4.90 Å². The number of benzene rings is 1. The van der Waals surface area contributed by atoms with Gasteiger partial charge >= 0.3 is 0 Å². The van der Waals surface area contributed by atoms with E-state index in [4.69, 9.17) is 0 Å². The zero-order valence-corrected chi connectivity index (χ0v) is 15.9. The predicted molar refractivity (Wildman–Crippen MR) is 101 cm³/mol. The monoisotopic (exact) mass is 375 g/mol. The zero-order chi connectivity index (χ0) is 19.0. The Labute approximate surface area is 158 Å². The number of aromatic nitrogens is 2. The van der Waals surface area contributed by atoms with Gasteiger partial charge in [0.1, 0.15) is 0 Å². The summed E-state index contributed by atoms with van der Waals surface area (Å²) in [5, 5.41) is 5.69. The average molecular weight is 375 g/mol. The first-order chi connectivity index (χ1) is 12.9. The second-order valence-electron chi connectivity index (χ2n) is 8.23. The molecule has 4 nitrogen and oxygen atoms in total. The Hall–Kier alpha value is -1.82. The van der Waals surface area contributed by atoms with E-state index in [0.717, 1.165) is 34.5 Å². The van der Waals surface area contributed by atoms with Crippen molar-refractivity contribution in [1.82, 2.24) is 14.7 Å². The number of ketones is 1. The van der Waals surface area contributed by atoms with Crippen molar-refractivity contribution in [2.75, 3.05) is 19.6 Å². The Morgan fingerprint density at radius 3 is 2.81 bits per heavy atom. The summed E-state index contributed by atoms with van der Waals surface area (Å²) in [6.07, 6.45) is 6.88. The van der Waals surface area contributed by atoms with Gasteiger partial charge in [-0.25, -0.2) is 8.78 Å². The Morgan fingerprint density at radius 1 is 1.33 bits per heavy atom. The molecule has 0 N–H and O–H groups in total. The van der Waals surface area contributed by atoms with E-state index in [0.29, 0.717) is 25.9 Å². The van der Waals surface area contributed by atoms with Crippen molar-refractivity contribution in [2.24, 2.45) is 5.92 Å². The quantitative estimate of drug-likeness (QED) is 0.671. The van der Waals surface area contributed by atoms with Crippen molar-refractivity contribution in [3.8, 4) is 0 Å². The first kappa shape index (κ1) is 18.5. The van der Waals surface area contributed by atoms with Gasteiger partial charge in [0.2, 0.25) is 0 Å². The van der Waals surface area contributed by atoms with Gasteiger partial charge < -0.3 is 0 Å². The second kappa shape index (κ2) is 7.30. The lowest BCUT2D eigenvalue weighted by molar-refractivity contribution is 0.0122. The zero-order valence-electron chi connectivity index (χ0n) is 15.9. The highest BCUT2D eigenvalue weighted by Gasteiger charge is 2.37. The van der Waals surface area contributed by atoms with Gasteiger partial charge in [-0.05, 0) is 56.3 Å². The molecule has 1 aliphatic heterocycles. The third-order valence-corrected chi connectivity index (χ3v) is 6.10. The van der Waals surface area contributed by atoms with Crippen LogP contribution in [0.1, 0.15) is 54.4 Å². The summed E-state index contributed by atoms with van der Waals surface area (Å²) in [5.41, 5.74) is 2.64. The molecule has 0 spiro atoms. The van der Waals surface area contributed by atoms with Crippen molar-refractivity contribution in [1.29, 1.82) is 0 Å². The van der Waals surface area contributed by atoms with Crippen LogP contribution in [-0.4, -0.2) is 46.0 Å². The van der Waals surface area contributed by atoms with Gasteiger partial charge in [-0.3, -0.25) is 14.4 Å². The van der Waals surface area contributed by atoms with Crippen LogP contribution in [0.3, 0.4) is 0 Å². The van der Waals surface area contributed by atoms with Gasteiger partial charge in [0.25, 0.3) is 5.92 Å². The van der Waals surface area contributed by atoms with Gasteiger partial charge in [-0.15, -0.1) is 0 Å². The standard InChI is InChI=1S/C21H27F2N3O/c1-15-17(20(27)6-3-10-25-11-9-21(22,23)14-25)7-8-19-18(15)13-26(24-19)12-16-4-2-5-16/h7-8,13,16H,2-6,9-12,14H2,1H3. The third kappa shape index (κ3) is 4.05. The summed E-state index contributed by atoms with van der Waals surface area (Å²) in [5.74, 6) is -1.74. The summed E-state index contributed by atoms with van der Waals surface area (Å²) in [6.45, 7) is 3.74. The maximum Gasteiger partial charge on any atom is 0.261 e. The maximum absolute atomic E-state index is 13.2. The number of hydrogen-bond acceptors (Lipinski definition) is 3. The molecule has 27 heavy (non-hydrogen) atoms. The summed E-state index contributed by atoms with van der Waals surface area (Å²) in [7, 11) is 0. The molecule has 0 amide bonds. The van der Waals surface area contributed by atoms with Crippen LogP contribution in [0.2, 0.25) is 0 Å². The lowest BCUT2D eigenvalue weighted by Gasteiger charge is -2.24. The molecule has 1 saturated carbocycles. The number of halogens is 2. The number of rotatable bonds is 7. The van der Waals surface area contributed by atoms with Crippen LogP contribution in [0, 0.1) is 12.8 Å². The molecule has 2 heterocycles. The average Bonchev–Trinajstić information content (AvgIpc) is 3.14. The SMILES string of the molecule is Cc1c(C(=O)CCCN2CCC(F)(F)C2)ccc2nn(CC3CCC3)cc12. The number of carbonyl (C=O) groups excluding carboxylic acids is 1. The van der Waals surface area contributed by atoms with Crippen LogP contribution in [0.5, 0.6) is 0 Å². The highest BCUT2D eigenvalue weighted by molar-refractivity contribution is 6.01. The lowest BCUT2D eigenvalue weighted by atomic mass is 9.85. The number of carbonyl (C=O) groups is 1. The highest BCUT2D eigenvalue weighted by Crippen LogP contribution is 2.29. The molecule has 2 aromatic rings. The van der Waals surface area contributed by atoms with Crippen LogP contribution in [-0.2, 0) is 6.54 Å². The summed E-state index contributed by atoms with van der Waals surface area (Å²) < 4.78 is 28.5. The molecular formula is C21H27F2N3O. The molecule has 2 aliphatic rings. The van der Waals surface area contributed by atoms with Crippen LogP contribution >= 0.6 is 0 Å². The van der Waals surface area contributed by atoms with Gasteiger partial charge in [-0.2, -0.15) is 5.10 Å². The molecule has 1 saturated heterocycles. The van der Waals surface area contributed by atoms with Crippen molar-refractivity contribution in [3.63, 3.8) is 0 Å². The normalized spacial score (nSPS) is 20.3. The minimum Gasteiger partial charge on any atom is -0.297 e. The molecule has 4 rings (SSSR count). The van der Waals surface area contributed by atoms with E-state index in [1.807, 2.05) is 23.7 Å². The fourth-order valence-corrected chi connectivity index (χ4v) is 4.21. The first-order valence-electron chi connectivity index (χ1n) is 10.0. The largest absolute Gasteiger partial charge is 0.297 e. The van der Waals surface area contributed by atoms with Crippen LogP contribution in [0.4, 0.5) is 8.78 Å². The molecule has 0 radical (unpaired) electrons. The number of likely N-dealkylation sites (tertiary alicyclic amines) is 1. The fourth-order valence-electron chi connectivity index (χ4n) is 4.21. The van der Waals surface area contributed by atoms with Crippen LogP contribution in [0.25, 0.3) is 10.9 Å². The van der Waals surface area contributed by atoms with Gasteiger partial charge in [0.05, 0.1) is 12.1 Å². The van der Waals surface area contributed by atoms with Crippen LogP contribution < -0.4 is 0 Å². The molecule has 2 fully saturated rings. The molecule has 146 valence electrons.